The monoisotopic (exact) mass is 236 g/mol. The van der Waals surface area contributed by atoms with Crippen molar-refractivity contribution in [1.29, 1.82) is 0 Å². The zero-order valence-electron chi connectivity index (χ0n) is 10.9. The Morgan fingerprint density at radius 1 is 1.24 bits per heavy atom. The van der Waals surface area contributed by atoms with Crippen LogP contribution in [0.3, 0.4) is 0 Å². The van der Waals surface area contributed by atoms with E-state index in [4.69, 9.17) is 9.47 Å². The molecule has 94 valence electrons. The van der Waals surface area contributed by atoms with Crippen molar-refractivity contribution in [3.8, 4) is 5.75 Å². The number of methoxy groups -OCH3 is 1. The highest BCUT2D eigenvalue weighted by Crippen LogP contribution is 2.16. The molecule has 3 nitrogen and oxygen atoms in total. The molecule has 1 saturated heterocycles. The Morgan fingerprint density at radius 3 is 2.53 bits per heavy atom. The number of hydrogen-bond donors (Lipinski definition) is 1. The molecule has 17 heavy (non-hydrogen) atoms. The molecule has 1 aromatic rings. The Balaban J connectivity index is 2.04. The number of quaternary nitrogens is 1. The minimum absolute atomic E-state index is 0.350. The second kappa shape index (κ2) is 5.52. The summed E-state index contributed by atoms with van der Waals surface area (Å²) < 4.78 is 11.2. The summed E-state index contributed by atoms with van der Waals surface area (Å²) in [7, 11) is 1.73. The first-order valence-electron chi connectivity index (χ1n) is 6.30. The van der Waals surface area contributed by atoms with E-state index in [1.807, 2.05) is 12.1 Å². The maximum absolute atomic E-state index is 5.76. The fourth-order valence-corrected chi connectivity index (χ4v) is 2.65. The third-order valence-corrected chi connectivity index (χ3v) is 3.25. The van der Waals surface area contributed by atoms with E-state index in [1.54, 1.807) is 12.0 Å². The smallest absolute Gasteiger partial charge is 0.127 e. The minimum atomic E-state index is 0.350. The van der Waals surface area contributed by atoms with Crippen molar-refractivity contribution < 1.29 is 14.4 Å². The molecule has 1 aromatic carbocycles. The van der Waals surface area contributed by atoms with Crippen LogP contribution in [0.15, 0.2) is 24.3 Å². The van der Waals surface area contributed by atoms with Crippen LogP contribution in [0.1, 0.15) is 19.4 Å². The van der Waals surface area contributed by atoms with E-state index in [9.17, 15) is 0 Å². The molecule has 3 atom stereocenters. The van der Waals surface area contributed by atoms with Crippen LogP contribution < -0.4 is 9.64 Å². The average molecular weight is 236 g/mol. The lowest BCUT2D eigenvalue weighted by atomic mass is 10.1. The van der Waals surface area contributed by atoms with Crippen molar-refractivity contribution in [2.24, 2.45) is 0 Å². The lowest BCUT2D eigenvalue weighted by Crippen LogP contribution is -3.14. The molecule has 1 unspecified atom stereocenters. The van der Waals surface area contributed by atoms with Crippen LogP contribution in [0.25, 0.3) is 0 Å². The Bertz CT molecular complexity index is 357. The molecule has 2 rings (SSSR count). The van der Waals surface area contributed by atoms with Crippen molar-refractivity contribution in [1.82, 2.24) is 0 Å². The van der Waals surface area contributed by atoms with Gasteiger partial charge in [-0.3, -0.25) is 0 Å². The number of rotatable bonds is 3. The Morgan fingerprint density at radius 2 is 1.88 bits per heavy atom. The van der Waals surface area contributed by atoms with Gasteiger partial charge in [0.25, 0.3) is 0 Å². The first kappa shape index (κ1) is 12.4. The summed E-state index contributed by atoms with van der Waals surface area (Å²) in [5, 5.41) is 0. The van der Waals surface area contributed by atoms with Gasteiger partial charge in [-0.25, -0.2) is 0 Å². The Kier molecular flexibility index (Phi) is 4.02. The molecule has 1 heterocycles. The van der Waals surface area contributed by atoms with E-state index in [0.29, 0.717) is 12.2 Å². The van der Waals surface area contributed by atoms with Gasteiger partial charge in [-0.05, 0) is 26.0 Å². The van der Waals surface area contributed by atoms with Crippen LogP contribution >= 0.6 is 0 Å². The third kappa shape index (κ3) is 3.20. The topological polar surface area (TPSA) is 22.9 Å². The first-order valence-corrected chi connectivity index (χ1v) is 6.30. The molecule has 0 saturated carbocycles. The highest BCUT2D eigenvalue weighted by atomic mass is 16.5. The van der Waals surface area contributed by atoms with Gasteiger partial charge in [-0.1, -0.05) is 12.1 Å². The lowest BCUT2D eigenvalue weighted by Gasteiger charge is -2.32. The number of ether oxygens (including phenoxy) is 2. The number of hydrogen-bond acceptors (Lipinski definition) is 2. The van der Waals surface area contributed by atoms with Gasteiger partial charge in [0.2, 0.25) is 0 Å². The molecule has 1 aliphatic heterocycles. The van der Waals surface area contributed by atoms with Crippen molar-refractivity contribution in [2.45, 2.75) is 32.6 Å². The van der Waals surface area contributed by atoms with Crippen LogP contribution in [-0.2, 0) is 11.3 Å². The molecule has 0 amide bonds. The van der Waals surface area contributed by atoms with Gasteiger partial charge in [0.05, 0.1) is 7.11 Å². The van der Waals surface area contributed by atoms with Crippen LogP contribution in [0.2, 0.25) is 0 Å². The Hall–Kier alpha value is -1.06. The normalized spacial score (nSPS) is 29.0. The maximum Gasteiger partial charge on any atom is 0.127 e. The van der Waals surface area contributed by atoms with Crippen LogP contribution in [0.5, 0.6) is 5.75 Å². The second-order valence-electron chi connectivity index (χ2n) is 4.90. The van der Waals surface area contributed by atoms with Gasteiger partial charge < -0.3 is 14.4 Å². The SMILES string of the molecule is COc1ccccc1C[NH+]1C[C@@H](C)O[C@@H](C)C1. The van der Waals surface area contributed by atoms with E-state index >= 15 is 0 Å². The van der Waals surface area contributed by atoms with E-state index in [1.165, 1.54) is 5.56 Å². The molecule has 1 aliphatic rings. The summed E-state index contributed by atoms with van der Waals surface area (Å²) in [4.78, 5) is 1.57. The lowest BCUT2D eigenvalue weighted by molar-refractivity contribution is -0.928. The van der Waals surface area contributed by atoms with Crippen LogP contribution in [0, 0.1) is 0 Å². The molecule has 0 aliphatic carbocycles. The average Bonchev–Trinajstić information content (AvgIpc) is 2.28. The predicted molar refractivity (Wildman–Crippen MR) is 67.4 cm³/mol. The highest BCUT2D eigenvalue weighted by molar-refractivity contribution is 5.32. The van der Waals surface area contributed by atoms with Crippen molar-refractivity contribution >= 4 is 0 Å². The molecule has 0 radical (unpaired) electrons. The molecule has 0 aromatic heterocycles. The number of para-hydroxylation sites is 1. The number of nitrogens with one attached hydrogen (secondary N) is 1. The van der Waals surface area contributed by atoms with E-state index in [0.717, 1.165) is 25.4 Å². The standard InChI is InChI=1S/C14H21NO2/c1-11-8-15(9-12(2)17-11)10-13-6-4-5-7-14(13)16-3/h4-7,11-12H,8-10H2,1-3H3/p+1/t11-,12+. The fraction of sp³-hybridized carbons (Fsp3) is 0.571. The summed E-state index contributed by atoms with van der Waals surface area (Å²) in [6, 6.07) is 8.27. The van der Waals surface area contributed by atoms with E-state index < -0.39 is 0 Å². The van der Waals surface area contributed by atoms with E-state index in [2.05, 4.69) is 26.0 Å². The second-order valence-corrected chi connectivity index (χ2v) is 4.90. The van der Waals surface area contributed by atoms with Crippen molar-refractivity contribution in [2.75, 3.05) is 20.2 Å². The largest absolute Gasteiger partial charge is 0.496 e. The summed E-state index contributed by atoms with van der Waals surface area (Å²) in [6.45, 7) is 7.46. The minimum Gasteiger partial charge on any atom is -0.496 e. The maximum atomic E-state index is 5.76. The molecule has 1 N–H and O–H groups in total. The number of morpholine rings is 1. The molecule has 0 bridgehead atoms. The summed E-state index contributed by atoms with van der Waals surface area (Å²) >= 11 is 0. The number of benzene rings is 1. The highest BCUT2D eigenvalue weighted by Gasteiger charge is 2.26. The first-order chi connectivity index (χ1) is 8.19. The van der Waals surface area contributed by atoms with Crippen molar-refractivity contribution in [3.63, 3.8) is 0 Å². The quantitative estimate of drug-likeness (QED) is 0.842. The van der Waals surface area contributed by atoms with Gasteiger partial charge >= 0.3 is 0 Å². The molecule has 1 fully saturated rings. The Labute approximate surface area is 103 Å². The summed E-state index contributed by atoms with van der Waals surface area (Å²) in [5.41, 5.74) is 1.28. The third-order valence-electron chi connectivity index (χ3n) is 3.25. The summed E-state index contributed by atoms with van der Waals surface area (Å²) in [5.74, 6) is 0.992. The van der Waals surface area contributed by atoms with Crippen LogP contribution in [0.4, 0.5) is 0 Å². The van der Waals surface area contributed by atoms with E-state index in [-0.39, 0.29) is 0 Å². The molecule has 0 spiro atoms. The van der Waals surface area contributed by atoms with Gasteiger partial charge in [0, 0.05) is 5.56 Å². The molecule has 3 heteroatoms. The fourth-order valence-electron chi connectivity index (χ4n) is 2.65. The van der Waals surface area contributed by atoms with Crippen LogP contribution in [-0.4, -0.2) is 32.4 Å². The van der Waals surface area contributed by atoms with Gasteiger partial charge in [0.15, 0.2) is 0 Å². The van der Waals surface area contributed by atoms with Gasteiger partial charge in [0.1, 0.15) is 37.6 Å². The van der Waals surface area contributed by atoms with Gasteiger partial charge in [-0.15, -0.1) is 0 Å². The predicted octanol–water partition coefficient (Wildman–Crippen LogP) is 0.887. The van der Waals surface area contributed by atoms with Gasteiger partial charge in [-0.2, -0.15) is 0 Å². The zero-order valence-corrected chi connectivity index (χ0v) is 10.9. The van der Waals surface area contributed by atoms with Crippen molar-refractivity contribution in [3.05, 3.63) is 29.8 Å². The molecular weight excluding hydrogens is 214 g/mol. The zero-order chi connectivity index (χ0) is 12.3. The molecular formula is C14H22NO2+. The summed E-state index contributed by atoms with van der Waals surface area (Å²) in [6.07, 6.45) is 0.701.